The van der Waals surface area contributed by atoms with Crippen LogP contribution in [0.1, 0.15) is 65.6 Å². The van der Waals surface area contributed by atoms with Gasteiger partial charge in [-0.3, -0.25) is 4.68 Å². The largest absolute Gasteiger partial charge is 0.325 e. The van der Waals surface area contributed by atoms with Gasteiger partial charge < -0.3 is 5.73 Å². The highest BCUT2D eigenvalue weighted by molar-refractivity contribution is 5.06. The molecule has 3 heteroatoms. The van der Waals surface area contributed by atoms with Crippen molar-refractivity contribution in [3.63, 3.8) is 0 Å². The van der Waals surface area contributed by atoms with Gasteiger partial charge in [-0.1, -0.05) is 34.6 Å². The highest BCUT2D eigenvalue weighted by Gasteiger charge is 2.28. The Bertz CT molecular complexity index is 352. The van der Waals surface area contributed by atoms with Crippen molar-refractivity contribution in [2.24, 2.45) is 11.7 Å². The van der Waals surface area contributed by atoms with Gasteiger partial charge in [0.25, 0.3) is 0 Å². The molecule has 0 aliphatic rings. The second-order valence-corrected chi connectivity index (χ2v) is 5.68. The van der Waals surface area contributed by atoms with Gasteiger partial charge in [-0.25, -0.2) is 0 Å². The van der Waals surface area contributed by atoms with Gasteiger partial charge in [-0.05, 0) is 31.2 Å². The lowest BCUT2D eigenvalue weighted by Gasteiger charge is -2.31. The first-order valence-corrected chi connectivity index (χ1v) is 7.29. The smallest absolute Gasteiger partial charge is 0.0643 e. The van der Waals surface area contributed by atoms with Gasteiger partial charge >= 0.3 is 0 Å². The third-order valence-corrected chi connectivity index (χ3v) is 4.30. The average molecular weight is 251 g/mol. The molecular formula is C15H29N3. The Morgan fingerprint density at radius 2 is 1.89 bits per heavy atom. The zero-order chi connectivity index (χ0) is 13.8. The van der Waals surface area contributed by atoms with Crippen molar-refractivity contribution in [2.45, 2.75) is 71.9 Å². The van der Waals surface area contributed by atoms with E-state index in [2.05, 4.69) is 51.6 Å². The first-order valence-electron chi connectivity index (χ1n) is 7.29. The first kappa shape index (κ1) is 15.2. The van der Waals surface area contributed by atoms with Crippen LogP contribution in [0, 0.1) is 5.92 Å². The fourth-order valence-corrected chi connectivity index (χ4v) is 2.41. The van der Waals surface area contributed by atoms with E-state index in [9.17, 15) is 0 Å². The van der Waals surface area contributed by atoms with Gasteiger partial charge in [-0.2, -0.15) is 5.10 Å². The van der Waals surface area contributed by atoms with Crippen molar-refractivity contribution in [2.75, 3.05) is 0 Å². The molecule has 1 aromatic rings. The van der Waals surface area contributed by atoms with Crippen molar-refractivity contribution in [3.05, 3.63) is 18.0 Å². The second kappa shape index (κ2) is 6.37. The third kappa shape index (κ3) is 3.35. The van der Waals surface area contributed by atoms with Crippen LogP contribution < -0.4 is 5.73 Å². The molecule has 3 nitrogen and oxygen atoms in total. The summed E-state index contributed by atoms with van der Waals surface area (Å²) in [6.07, 6.45) is 6.22. The molecule has 104 valence electrons. The van der Waals surface area contributed by atoms with E-state index in [4.69, 9.17) is 10.8 Å². The van der Waals surface area contributed by atoms with Crippen molar-refractivity contribution in [1.29, 1.82) is 0 Å². The molecule has 0 saturated heterocycles. The van der Waals surface area contributed by atoms with Crippen LogP contribution in [0.2, 0.25) is 0 Å². The summed E-state index contributed by atoms with van der Waals surface area (Å²) in [6, 6.07) is 2.64. The molecule has 18 heavy (non-hydrogen) atoms. The Morgan fingerprint density at radius 1 is 1.28 bits per heavy atom. The van der Waals surface area contributed by atoms with Crippen molar-refractivity contribution >= 4 is 0 Å². The van der Waals surface area contributed by atoms with Gasteiger partial charge in [0.1, 0.15) is 0 Å². The lowest BCUT2D eigenvalue weighted by atomic mass is 9.81. The maximum Gasteiger partial charge on any atom is 0.0643 e. The van der Waals surface area contributed by atoms with Crippen molar-refractivity contribution in [3.8, 4) is 0 Å². The molecule has 0 radical (unpaired) electrons. The molecule has 0 saturated carbocycles. The topological polar surface area (TPSA) is 43.8 Å². The van der Waals surface area contributed by atoms with E-state index >= 15 is 0 Å². The summed E-state index contributed by atoms with van der Waals surface area (Å²) >= 11 is 0. The Labute approximate surface area is 112 Å². The fourth-order valence-electron chi connectivity index (χ4n) is 2.41. The van der Waals surface area contributed by atoms with Crippen LogP contribution in [0.25, 0.3) is 0 Å². The zero-order valence-corrected chi connectivity index (χ0v) is 12.6. The molecule has 1 atom stereocenters. The van der Waals surface area contributed by atoms with Crippen molar-refractivity contribution in [1.82, 2.24) is 9.78 Å². The monoisotopic (exact) mass is 251 g/mol. The van der Waals surface area contributed by atoms with Crippen LogP contribution >= 0.6 is 0 Å². The minimum Gasteiger partial charge on any atom is -0.325 e. The van der Waals surface area contributed by atoms with E-state index in [0.29, 0.717) is 12.0 Å². The highest BCUT2D eigenvalue weighted by atomic mass is 15.3. The molecule has 1 unspecified atom stereocenters. The Balaban J connectivity index is 2.80. The molecule has 1 rings (SSSR count). The van der Waals surface area contributed by atoms with E-state index in [0.717, 1.165) is 31.4 Å². The summed E-state index contributed by atoms with van der Waals surface area (Å²) in [5.41, 5.74) is 7.47. The Kier molecular flexibility index (Phi) is 5.39. The van der Waals surface area contributed by atoms with Crippen LogP contribution in [-0.4, -0.2) is 15.3 Å². The summed E-state index contributed by atoms with van der Waals surface area (Å²) < 4.78 is 2.10. The van der Waals surface area contributed by atoms with E-state index in [1.165, 1.54) is 0 Å². The lowest BCUT2D eigenvalue weighted by molar-refractivity contribution is 0.292. The number of aromatic nitrogens is 2. The molecule has 1 aromatic heterocycles. The summed E-state index contributed by atoms with van der Waals surface area (Å²) in [4.78, 5) is 0. The standard InChI is InChI=1S/C15H29N3/c1-6-14(7-2)18-10-9-13(17-18)11-15(16,8-3)12(4)5/h9-10,12,14H,6-8,11,16H2,1-5H3. The average Bonchev–Trinajstić information content (AvgIpc) is 2.78. The van der Waals surface area contributed by atoms with E-state index < -0.39 is 0 Å². The molecule has 0 bridgehead atoms. The summed E-state index contributed by atoms with van der Waals surface area (Å²) in [5, 5.41) is 4.70. The number of hydrogen-bond acceptors (Lipinski definition) is 2. The second-order valence-electron chi connectivity index (χ2n) is 5.68. The van der Waals surface area contributed by atoms with E-state index in [1.807, 2.05) is 0 Å². The van der Waals surface area contributed by atoms with Gasteiger partial charge in [0.2, 0.25) is 0 Å². The molecular weight excluding hydrogens is 222 g/mol. The number of nitrogens with zero attached hydrogens (tertiary/aromatic N) is 2. The van der Waals surface area contributed by atoms with Crippen molar-refractivity contribution < 1.29 is 0 Å². The summed E-state index contributed by atoms with van der Waals surface area (Å²) in [6.45, 7) is 11.0. The van der Waals surface area contributed by atoms with Gasteiger partial charge in [-0.15, -0.1) is 0 Å². The third-order valence-electron chi connectivity index (χ3n) is 4.30. The van der Waals surface area contributed by atoms with E-state index in [1.54, 1.807) is 0 Å². The normalized spacial score (nSPS) is 15.3. The van der Waals surface area contributed by atoms with Crippen LogP contribution in [0.15, 0.2) is 12.3 Å². The van der Waals surface area contributed by atoms with Gasteiger partial charge in [0.05, 0.1) is 11.7 Å². The summed E-state index contributed by atoms with van der Waals surface area (Å²) in [7, 11) is 0. The molecule has 0 aliphatic carbocycles. The molecule has 1 heterocycles. The lowest BCUT2D eigenvalue weighted by Crippen LogP contribution is -2.46. The minimum atomic E-state index is -0.132. The Hall–Kier alpha value is -0.830. The molecule has 0 spiro atoms. The van der Waals surface area contributed by atoms with Crippen LogP contribution in [0.4, 0.5) is 0 Å². The number of nitrogens with two attached hydrogens (primary N) is 1. The maximum atomic E-state index is 6.47. The van der Waals surface area contributed by atoms with Crippen LogP contribution in [0.5, 0.6) is 0 Å². The van der Waals surface area contributed by atoms with Gasteiger partial charge in [0.15, 0.2) is 0 Å². The SMILES string of the molecule is CCC(CC)n1ccc(CC(N)(CC)C(C)C)n1. The van der Waals surface area contributed by atoms with Crippen LogP contribution in [-0.2, 0) is 6.42 Å². The molecule has 0 aliphatic heterocycles. The maximum absolute atomic E-state index is 6.47. The predicted molar refractivity (Wildman–Crippen MR) is 77.6 cm³/mol. The van der Waals surface area contributed by atoms with E-state index in [-0.39, 0.29) is 5.54 Å². The fraction of sp³-hybridized carbons (Fsp3) is 0.800. The van der Waals surface area contributed by atoms with Gasteiger partial charge in [0, 0.05) is 18.2 Å². The zero-order valence-electron chi connectivity index (χ0n) is 12.6. The van der Waals surface area contributed by atoms with Crippen LogP contribution in [0.3, 0.4) is 0 Å². The molecule has 0 fully saturated rings. The predicted octanol–water partition coefficient (Wildman–Crippen LogP) is 3.55. The quantitative estimate of drug-likeness (QED) is 0.805. The number of rotatable bonds is 7. The Morgan fingerprint density at radius 3 is 2.33 bits per heavy atom. The molecule has 0 aromatic carbocycles. The molecule has 0 amide bonds. The highest BCUT2D eigenvalue weighted by Crippen LogP contribution is 2.23. The first-order chi connectivity index (χ1) is 8.46. The molecule has 2 N–H and O–H groups in total. The number of hydrogen-bond donors (Lipinski definition) is 1. The summed E-state index contributed by atoms with van der Waals surface area (Å²) in [5.74, 6) is 0.473. The minimum absolute atomic E-state index is 0.132.